The first kappa shape index (κ1) is 13.7. The van der Waals surface area contributed by atoms with Crippen molar-refractivity contribution in [1.82, 2.24) is 0 Å². The largest absolute Gasteiger partial charge is 0.489 e. The van der Waals surface area contributed by atoms with Crippen molar-refractivity contribution in [3.63, 3.8) is 0 Å². The molecule has 0 unspecified atom stereocenters. The first-order valence-electron chi connectivity index (χ1n) is 6.83. The van der Waals surface area contributed by atoms with E-state index >= 15 is 0 Å². The zero-order valence-corrected chi connectivity index (χ0v) is 11.4. The zero-order chi connectivity index (χ0) is 13.7. The number of hydrogen-bond donors (Lipinski definition) is 1. The van der Waals surface area contributed by atoms with E-state index in [9.17, 15) is 4.79 Å². The van der Waals surface area contributed by atoms with Crippen molar-refractivity contribution < 1.29 is 9.53 Å². The summed E-state index contributed by atoms with van der Waals surface area (Å²) in [6.07, 6.45) is 4.36. The van der Waals surface area contributed by atoms with Crippen molar-refractivity contribution in [2.75, 3.05) is 11.9 Å². The number of benzene rings is 1. The van der Waals surface area contributed by atoms with Crippen molar-refractivity contribution >= 4 is 11.6 Å². The normalized spacial score (nSPS) is 15.2. The molecule has 1 amide bonds. The molecule has 0 aromatic heterocycles. The third-order valence-corrected chi connectivity index (χ3v) is 3.31. The van der Waals surface area contributed by atoms with Crippen molar-refractivity contribution in [2.45, 2.75) is 32.6 Å². The molecule has 3 heteroatoms. The lowest BCUT2D eigenvalue weighted by Gasteiger charge is -2.12. The Morgan fingerprint density at radius 1 is 1.42 bits per heavy atom. The lowest BCUT2D eigenvalue weighted by atomic mass is 10.1. The average Bonchev–Trinajstić information content (AvgIpc) is 2.91. The fraction of sp³-hybridized carbons (Fsp3) is 0.438. The number of nitrogens with one attached hydrogen (secondary N) is 1. The molecule has 1 fully saturated rings. The molecule has 1 aliphatic rings. The Balaban J connectivity index is 1.94. The van der Waals surface area contributed by atoms with E-state index in [0.717, 1.165) is 29.9 Å². The van der Waals surface area contributed by atoms with Gasteiger partial charge in [-0.05, 0) is 37.5 Å². The molecule has 1 N–H and O–H groups in total. The number of anilines is 1. The van der Waals surface area contributed by atoms with Gasteiger partial charge in [-0.2, -0.15) is 0 Å². The van der Waals surface area contributed by atoms with Crippen molar-refractivity contribution in [3.05, 3.63) is 36.4 Å². The van der Waals surface area contributed by atoms with E-state index in [-0.39, 0.29) is 11.8 Å². The lowest BCUT2D eigenvalue weighted by Crippen LogP contribution is -2.20. The highest BCUT2D eigenvalue weighted by Gasteiger charge is 2.22. The van der Waals surface area contributed by atoms with E-state index in [1.54, 1.807) is 0 Å². The second kappa shape index (κ2) is 6.41. The minimum absolute atomic E-state index is 0.134. The molecule has 0 atom stereocenters. The number of rotatable bonds is 5. The zero-order valence-electron chi connectivity index (χ0n) is 11.4. The third-order valence-electron chi connectivity index (χ3n) is 3.31. The standard InChI is InChI=1S/C16H21NO2/c1-12(2)11-19-15-9-5-8-14(10-15)17-16(18)13-6-3-4-7-13/h5,8-10,13H,1,3-4,6-7,11H2,2H3,(H,17,18). The summed E-state index contributed by atoms with van der Waals surface area (Å²) < 4.78 is 5.56. The molecule has 102 valence electrons. The van der Waals surface area contributed by atoms with E-state index in [2.05, 4.69) is 11.9 Å². The topological polar surface area (TPSA) is 38.3 Å². The Hall–Kier alpha value is -1.77. The summed E-state index contributed by atoms with van der Waals surface area (Å²) >= 11 is 0. The van der Waals surface area contributed by atoms with Crippen LogP contribution in [0.25, 0.3) is 0 Å². The minimum Gasteiger partial charge on any atom is -0.489 e. The van der Waals surface area contributed by atoms with Crippen LogP contribution in [0.4, 0.5) is 5.69 Å². The first-order valence-corrected chi connectivity index (χ1v) is 6.83. The van der Waals surface area contributed by atoms with E-state index in [4.69, 9.17) is 4.74 Å². The number of carbonyl (C=O) groups is 1. The van der Waals surface area contributed by atoms with Crippen LogP contribution in [0.5, 0.6) is 5.75 Å². The van der Waals surface area contributed by atoms with Crippen molar-refractivity contribution in [1.29, 1.82) is 0 Å². The van der Waals surface area contributed by atoms with Gasteiger partial charge in [0.05, 0.1) is 0 Å². The van der Waals surface area contributed by atoms with E-state index in [1.165, 1.54) is 12.8 Å². The predicted octanol–water partition coefficient (Wildman–Crippen LogP) is 3.77. The van der Waals surface area contributed by atoms with Gasteiger partial charge in [0.1, 0.15) is 12.4 Å². The summed E-state index contributed by atoms with van der Waals surface area (Å²) in [6.45, 7) is 6.22. The van der Waals surface area contributed by atoms with E-state index in [0.29, 0.717) is 6.61 Å². The van der Waals surface area contributed by atoms with Gasteiger partial charge >= 0.3 is 0 Å². The molecular formula is C16H21NO2. The molecule has 1 saturated carbocycles. The SMILES string of the molecule is C=C(C)COc1cccc(NC(=O)C2CCCC2)c1. The van der Waals surface area contributed by atoms with Gasteiger partial charge in [0.25, 0.3) is 0 Å². The summed E-state index contributed by atoms with van der Waals surface area (Å²) in [5.74, 6) is 1.07. The molecule has 0 heterocycles. The maximum atomic E-state index is 12.0. The van der Waals surface area contributed by atoms with Gasteiger partial charge in [0.2, 0.25) is 5.91 Å². The smallest absolute Gasteiger partial charge is 0.227 e. The molecule has 1 aromatic carbocycles. The highest BCUT2D eigenvalue weighted by atomic mass is 16.5. The molecule has 3 nitrogen and oxygen atoms in total. The molecule has 1 aromatic rings. The lowest BCUT2D eigenvalue weighted by molar-refractivity contribution is -0.119. The summed E-state index contributed by atoms with van der Waals surface area (Å²) in [5.41, 5.74) is 1.77. The van der Waals surface area contributed by atoms with Gasteiger partial charge in [0, 0.05) is 17.7 Å². The van der Waals surface area contributed by atoms with Gasteiger partial charge in [-0.15, -0.1) is 0 Å². The second-order valence-electron chi connectivity index (χ2n) is 5.24. The highest BCUT2D eigenvalue weighted by molar-refractivity contribution is 5.92. The van der Waals surface area contributed by atoms with Crippen LogP contribution in [-0.2, 0) is 4.79 Å². The maximum absolute atomic E-state index is 12.0. The van der Waals surface area contributed by atoms with E-state index < -0.39 is 0 Å². The number of amides is 1. The number of carbonyl (C=O) groups excluding carboxylic acids is 1. The van der Waals surface area contributed by atoms with Crippen LogP contribution >= 0.6 is 0 Å². The van der Waals surface area contributed by atoms with Gasteiger partial charge in [-0.3, -0.25) is 4.79 Å². The van der Waals surface area contributed by atoms with Gasteiger partial charge in [0.15, 0.2) is 0 Å². The van der Waals surface area contributed by atoms with Gasteiger partial charge < -0.3 is 10.1 Å². The third kappa shape index (κ3) is 4.12. The van der Waals surface area contributed by atoms with Crippen LogP contribution < -0.4 is 10.1 Å². The molecule has 0 spiro atoms. The molecule has 0 saturated heterocycles. The molecule has 19 heavy (non-hydrogen) atoms. The van der Waals surface area contributed by atoms with Crippen molar-refractivity contribution in [2.24, 2.45) is 5.92 Å². The van der Waals surface area contributed by atoms with Crippen LogP contribution in [0.3, 0.4) is 0 Å². The Bertz CT molecular complexity index is 462. The number of ether oxygens (including phenoxy) is 1. The van der Waals surface area contributed by atoms with Crippen molar-refractivity contribution in [3.8, 4) is 5.75 Å². The first-order chi connectivity index (χ1) is 9.15. The summed E-state index contributed by atoms with van der Waals surface area (Å²) in [7, 11) is 0. The monoisotopic (exact) mass is 259 g/mol. The summed E-state index contributed by atoms with van der Waals surface area (Å²) in [6, 6.07) is 7.52. The minimum atomic E-state index is 0.134. The fourth-order valence-electron chi connectivity index (χ4n) is 2.30. The van der Waals surface area contributed by atoms with Gasteiger partial charge in [-0.1, -0.05) is 25.5 Å². The Labute approximate surface area is 114 Å². The van der Waals surface area contributed by atoms with Gasteiger partial charge in [-0.25, -0.2) is 0 Å². The van der Waals surface area contributed by atoms with Crippen LogP contribution in [0.15, 0.2) is 36.4 Å². The van der Waals surface area contributed by atoms with E-state index in [1.807, 2.05) is 31.2 Å². The highest BCUT2D eigenvalue weighted by Crippen LogP contribution is 2.26. The molecular weight excluding hydrogens is 238 g/mol. The summed E-state index contributed by atoms with van der Waals surface area (Å²) in [5, 5.41) is 2.97. The molecule has 1 aliphatic carbocycles. The molecule has 2 rings (SSSR count). The van der Waals surface area contributed by atoms with Crippen LogP contribution in [0.2, 0.25) is 0 Å². The Morgan fingerprint density at radius 2 is 2.16 bits per heavy atom. The molecule has 0 bridgehead atoms. The number of hydrogen-bond acceptors (Lipinski definition) is 2. The maximum Gasteiger partial charge on any atom is 0.227 e. The van der Waals surface area contributed by atoms with Crippen LogP contribution in [-0.4, -0.2) is 12.5 Å². The Kier molecular flexibility index (Phi) is 4.61. The van der Waals surface area contributed by atoms with Crippen LogP contribution in [0.1, 0.15) is 32.6 Å². The fourth-order valence-corrected chi connectivity index (χ4v) is 2.30. The quantitative estimate of drug-likeness (QED) is 0.817. The Morgan fingerprint density at radius 3 is 2.84 bits per heavy atom. The average molecular weight is 259 g/mol. The van der Waals surface area contributed by atoms with Crippen LogP contribution in [0, 0.1) is 5.92 Å². The molecule has 0 radical (unpaired) electrons. The predicted molar refractivity (Wildman–Crippen MR) is 77.3 cm³/mol. The molecule has 0 aliphatic heterocycles. The second-order valence-corrected chi connectivity index (χ2v) is 5.24. The summed E-state index contributed by atoms with van der Waals surface area (Å²) in [4.78, 5) is 12.0.